The molecule has 2 rings (SSSR count). The van der Waals surface area contributed by atoms with E-state index in [2.05, 4.69) is 10.3 Å². The number of anilines is 1. The Labute approximate surface area is 115 Å². The van der Waals surface area contributed by atoms with E-state index in [1.807, 2.05) is 20.8 Å². The van der Waals surface area contributed by atoms with Crippen molar-refractivity contribution >= 4 is 34.0 Å². The molecule has 0 bridgehead atoms. The van der Waals surface area contributed by atoms with E-state index in [0.717, 1.165) is 5.39 Å². The Kier molecular flexibility index (Phi) is 3.37. The van der Waals surface area contributed by atoms with Gasteiger partial charge in [0.2, 0.25) is 5.91 Å². The van der Waals surface area contributed by atoms with Gasteiger partial charge < -0.3 is 10.3 Å². The van der Waals surface area contributed by atoms with E-state index in [0.29, 0.717) is 16.1 Å². The van der Waals surface area contributed by atoms with Crippen LogP contribution in [-0.4, -0.2) is 10.9 Å². The average molecular weight is 279 g/mol. The summed E-state index contributed by atoms with van der Waals surface area (Å²) in [4.78, 5) is 26.2. The third kappa shape index (κ3) is 2.79. The average Bonchev–Trinajstić information content (AvgIpc) is 2.30. The minimum atomic E-state index is -0.507. The predicted molar refractivity (Wildman–Crippen MR) is 77.7 cm³/mol. The fraction of sp³-hybridized carbons (Fsp3) is 0.286. The van der Waals surface area contributed by atoms with E-state index in [-0.39, 0.29) is 11.5 Å². The summed E-state index contributed by atoms with van der Waals surface area (Å²) in [6.45, 7) is 5.46. The standard InChI is InChI=1S/C14H15ClN2O2/c1-14(2,3)13(19)17-11-6-8-4-5-16-12(18)9(8)7-10(11)15/h4-7H,1-3H3,(H,16,18)(H,17,19). The normalized spacial score (nSPS) is 11.6. The molecule has 2 N–H and O–H groups in total. The third-order valence-corrected chi connectivity index (χ3v) is 3.10. The van der Waals surface area contributed by atoms with Crippen LogP contribution in [-0.2, 0) is 4.79 Å². The third-order valence-electron chi connectivity index (χ3n) is 2.79. The molecule has 0 fully saturated rings. The summed E-state index contributed by atoms with van der Waals surface area (Å²) in [7, 11) is 0. The summed E-state index contributed by atoms with van der Waals surface area (Å²) in [5.41, 5.74) is -0.195. The first kappa shape index (κ1) is 13.6. The first-order chi connectivity index (χ1) is 8.79. The van der Waals surface area contributed by atoms with E-state index >= 15 is 0 Å². The monoisotopic (exact) mass is 278 g/mol. The van der Waals surface area contributed by atoms with Crippen LogP contribution < -0.4 is 10.9 Å². The lowest BCUT2D eigenvalue weighted by Gasteiger charge is -2.18. The van der Waals surface area contributed by atoms with Gasteiger partial charge in [0.15, 0.2) is 0 Å². The van der Waals surface area contributed by atoms with Gasteiger partial charge in [-0.3, -0.25) is 9.59 Å². The number of hydrogen-bond donors (Lipinski definition) is 2. The highest BCUT2D eigenvalue weighted by Crippen LogP contribution is 2.28. The number of carbonyl (C=O) groups is 1. The number of rotatable bonds is 1. The van der Waals surface area contributed by atoms with Crippen molar-refractivity contribution in [1.82, 2.24) is 4.98 Å². The molecule has 0 radical (unpaired) electrons. The SMILES string of the molecule is CC(C)(C)C(=O)Nc1cc2cc[nH]c(=O)c2cc1Cl. The summed E-state index contributed by atoms with van der Waals surface area (Å²) in [5.74, 6) is -0.126. The van der Waals surface area contributed by atoms with E-state index < -0.39 is 5.41 Å². The summed E-state index contributed by atoms with van der Waals surface area (Å²) in [5, 5.41) is 4.36. The van der Waals surface area contributed by atoms with Crippen LogP contribution in [0.2, 0.25) is 5.02 Å². The molecule has 0 atom stereocenters. The molecule has 1 heterocycles. The van der Waals surface area contributed by atoms with Crippen LogP contribution in [0.3, 0.4) is 0 Å². The number of amides is 1. The Bertz CT molecular complexity index is 699. The van der Waals surface area contributed by atoms with Crippen molar-refractivity contribution < 1.29 is 4.79 Å². The topological polar surface area (TPSA) is 62.0 Å². The molecule has 0 unspecified atom stereocenters. The van der Waals surface area contributed by atoms with Crippen LogP contribution in [0.4, 0.5) is 5.69 Å². The molecular formula is C14H15ClN2O2. The summed E-state index contributed by atoms with van der Waals surface area (Å²) < 4.78 is 0. The van der Waals surface area contributed by atoms with Gasteiger partial charge in [0.05, 0.1) is 10.7 Å². The lowest BCUT2D eigenvalue weighted by molar-refractivity contribution is -0.123. The molecule has 0 aliphatic rings. The van der Waals surface area contributed by atoms with Crippen molar-refractivity contribution in [1.29, 1.82) is 0 Å². The largest absolute Gasteiger partial charge is 0.329 e. The highest BCUT2D eigenvalue weighted by atomic mass is 35.5. The lowest BCUT2D eigenvalue weighted by Crippen LogP contribution is -2.27. The quantitative estimate of drug-likeness (QED) is 0.842. The lowest BCUT2D eigenvalue weighted by atomic mass is 9.95. The molecule has 1 aromatic heterocycles. The van der Waals surface area contributed by atoms with Crippen LogP contribution in [0.1, 0.15) is 20.8 Å². The molecule has 0 spiro atoms. The van der Waals surface area contributed by atoms with Crippen LogP contribution >= 0.6 is 11.6 Å². The second kappa shape index (κ2) is 4.70. The number of hydrogen-bond acceptors (Lipinski definition) is 2. The highest BCUT2D eigenvalue weighted by molar-refractivity contribution is 6.34. The minimum Gasteiger partial charge on any atom is -0.329 e. The fourth-order valence-electron chi connectivity index (χ4n) is 1.62. The van der Waals surface area contributed by atoms with Crippen LogP contribution in [0.25, 0.3) is 10.8 Å². The van der Waals surface area contributed by atoms with Gasteiger partial charge in [0, 0.05) is 17.0 Å². The number of nitrogens with one attached hydrogen (secondary N) is 2. The van der Waals surface area contributed by atoms with Gasteiger partial charge in [-0.05, 0) is 23.6 Å². The van der Waals surface area contributed by atoms with Gasteiger partial charge in [0.25, 0.3) is 5.56 Å². The molecule has 0 saturated heterocycles. The van der Waals surface area contributed by atoms with Crippen LogP contribution in [0, 0.1) is 5.41 Å². The van der Waals surface area contributed by atoms with Crippen LogP contribution in [0.15, 0.2) is 29.2 Å². The summed E-state index contributed by atoms with van der Waals surface area (Å²) >= 11 is 6.10. The first-order valence-corrected chi connectivity index (χ1v) is 6.29. The number of aromatic nitrogens is 1. The van der Waals surface area contributed by atoms with Crippen molar-refractivity contribution in [2.24, 2.45) is 5.41 Å². The number of fused-ring (bicyclic) bond motifs is 1. The summed E-state index contributed by atoms with van der Waals surface area (Å²) in [6.07, 6.45) is 1.56. The molecule has 2 aromatic rings. The molecule has 1 amide bonds. The molecular weight excluding hydrogens is 264 g/mol. The summed E-state index contributed by atoms with van der Waals surface area (Å²) in [6, 6.07) is 5.03. The number of benzene rings is 1. The van der Waals surface area contributed by atoms with Gasteiger partial charge >= 0.3 is 0 Å². The Morgan fingerprint density at radius 1 is 1.32 bits per heavy atom. The Hall–Kier alpha value is -1.81. The first-order valence-electron chi connectivity index (χ1n) is 5.91. The maximum absolute atomic E-state index is 12.0. The van der Waals surface area contributed by atoms with Crippen LogP contribution in [0.5, 0.6) is 0 Å². The predicted octanol–water partition coefficient (Wildman–Crippen LogP) is 3.17. The van der Waals surface area contributed by atoms with Gasteiger partial charge in [0.1, 0.15) is 0 Å². The van der Waals surface area contributed by atoms with Crippen molar-refractivity contribution in [2.45, 2.75) is 20.8 Å². The smallest absolute Gasteiger partial charge is 0.255 e. The second-order valence-corrected chi connectivity index (χ2v) is 5.84. The Morgan fingerprint density at radius 3 is 2.63 bits per heavy atom. The van der Waals surface area contributed by atoms with E-state index in [1.54, 1.807) is 24.4 Å². The Balaban J connectivity index is 2.48. The van der Waals surface area contributed by atoms with Gasteiger partial charge in [-0.2, -0.15) is 0 Å². The van der Waals surface area contributed by atoms with Crippen molar-refractivity contribution in [3.8, 4) is 0 Å². The molecule has 0 aliphatic carbocycles. The maximum atomic E-state index is 12.0. The van der Waals surface area contributed by atoms with E-state index in [4.69, 9.17) is 11.6 Å². The van der Waals surface area contributed by atoms with Gasteiger partial charge in [-0.15, -0.1) is 0 Å². The number of H-pyrrole nitrogens is 1. The molecule has 5 heteroatoms. The number of carbonyl (C=O) groups excluding carboxylic acids is 1. The molecule has 19 heavy (non-hydrogen) atoms. The van der Waals surface area contributed by atoms with E-state index in [9.17, 15) is 9.59 Å². The van der Waals surface area contributed by atoms with Crippen molar-refractivity contribution in [3.63, 3.8) is 0 Å². The number of aromatic amines is 1. The zero-order valence-electron chi connectivity index (χ0n) is 11.0. The molecule has 100 valence electrons. The van der Waals surface area contributed by atoms with Crippen molar-refractivity contribution in [3.05, 3.63) is 39.8 Å². The molecule has 1 aromatic carbocycles. The van der Waals surface area contributed by atoms with Gasteiger partial charge in [-0.1, -0.05) is 32.4 Å². The minimum absolute atomic E-state index is 0.126. The highest BCUT2D eigenvalue weighted by Gasteiger charge is 2.22. The van der Waals surface area contributed by atoms with E-state index in [1.165, 1.54) is 0 Å². The zero-order valence-corrected chi connectivity index (χ0v) is 11.8. The molecule has 0 saturated carbocycles. The Morgan fingerprint density at radius 2 is 2.00 bits per heavy atom. The second-order valence-electron chi connectivity index (χ2n) is 5.43. The van der Waals surface area contributed by atoms with Gasteiger partial charge in [-0.25, -0.2) is 0 Å². The number of halogens is 1. The fourth-order valence-corrected chi connectivity index (χ4v) is 1.83. The number of pyridine rings is 1. The zero-order chi connectivity index (χ0) is 14.2. The molecule has 0 aliphatic heterocycles. The van der Waals surface area contributed by atoms with Crippen molar-refractivity contribution in [2.75, 3.05) is 5.32 Å². The molecule has 4 nitrogen and oxygen atoms in total. The maximum Gasteiger partial charge on any atom is 0.255 e.